The van der Waals surface area contributed by atoms with Gasteiger partial charge < -0.3 is 10.6 Å². The molecule has 1 aliphatic carbocycles. The van der Waals surface area contributed by atoms with Crippen LogP contribution in [-0.4, -0.2) is 28.4 Å². The predicted octanol–water partition coefficient (Wildman–Crippen LogP) is 2.63. The first-order chi connectivity index (χ1) is 9.69. The zero-order chi connectivity index (χ0) is 14.1. The summed E-state index contributed by atoms with van der Waals surface area (Å²) in [5, 5.41) is 0. The topological polar surface area (TPSA) is 59.2 Å². The van der Waals surface area contributed by atoms with Gasteiger partial charge in [0.1, 0.15) is 5.82 Å². The fourth-order valence-electron chi connectivity index (χ4n) is 3.74. The first-order valence-corrected chi connectivity index (χ1v) is 7.76. The normalized spacial score (nSPS) is 25.6. The second-order valence-corrected chi connectivity index (χ2v) is 6.02. The molecule has 4 nitrogen and oxygen atoms in total. The van der Waals surface area contributed by atoms with Gasteiger partial charge >= 0.3 is 0 Å². The number of aromatic nitrogens is 1. The number of nitrogen functional groups attached to an aromatic ring is 1. The molecule has 2 N–H and O–H groups in total. The minimum Gasteiger partial charge on any atom is -0.384 e. The van der Waals surface area contributed by atoms with Crippen LogP contribution in [0.15, 0.2) is 12.1 Å². The van der Waals surface area contributed by atoms with Crippen molar-refractivity contribution in [1.82, 2.24) is 9.88 Å². The summed E-state index contributed by atoms with van der Waals surface area (Å²) in [7, 11) is 0. The average molecular weight is 273 g/mol. The fraction of sp³-hybridized carbons (Fsp3) is 0.625. The number of pyridine rings is 1. The number of amides is 1. The van der Waals surface area contributed by atoms with Gasteiger partial charge in [0.2, 0.25) is 0 Å². The van der Waals surface area contributed by atoms with E-state index in [4.69, 9.17) is 5.73 Å². The van der Waals surface area contributed by atoms with Gasteiger partial charge in [-0.25, -0.2) is 4.98 Å². The molecule has 20 heavy (non-hydrogen) atoms. The minimum atomic E-state index is 0.142. The number of aryl methyl sites for hydroxylation is 1. The van der Waals surface area contributed by atoms with Crippen LogP contribution in [-0.2, 0) is 6.42 Å². The van der Waals surface area contributed by atoms with Crippen molar-refractivity contribution < 1.29 is 4.79 Å². The molecule has 108 valence electrons. The largest absolute Gasteiger partial charge is 0.384 e. The molecule has 2 unspecified atom stereocenters. The van der Waals surface area contributed by atoms with Gasteiger partial charge in [0.15, 0.2) is 0 Å². The summed E-state index contributed by atoms with van der Waals surface area (Å²) in [5.41, 5.74) is 7.43. The molecule has 0 bridgehead atoms. The van der Waals surface area contributed by atoms with E-state index in [9.17, 15) is 4.79 Å². The smallest absolute Gasteiger partial charge is 0.254 e. The van der Waals surface area contributed by atoms with Gasteiger partial charge in [0, 0.05) is 23.8 Å². The van der Waals surface area contributed by atoms with Crippen LogP contribution in [0.5, 0.6) is 0 Å². The van der Waals surface area contributed by atoms with Crippen LogP contribution < -0.4 is 5.73 Å². The maximum Gasteiger partial charge on any atom is 0.254 e. The highest BCUT2D eigenvalue weighted by Crippen LogP contribution is 2.36. The number of nitrogens with zero attached hydrogens (tertiary/aromatic N) is 2. The highest BCUT2D eigenvalue weighted by molar-refractivity contribution is 5.95. The first-order valence-electron chi connectivity index (χ1n) is 7.76. The van der Waals surface area contributed by atoms with Crippen molar-refractivity contribution in [2.75, 3.05) is 12.3 Å². The lowest BCUT2D eigenvalue weighted by Gasteiger charge is -2.31. The molecule has 1 aromatic rings. The number of nitrogens with two attached hydrogens (primary N) is 1. The molecule has 2 heterocycles. The molecule has 1 aromatic heterocycles. The van der Waals surface area contributed by atoms with E-state index in [0.29, 0.717) is 17.4 Å². The number of rotatable bonds is 2. The molecule has 4 heteroatoms. The third-order valence-corrected chi connectivity index (χ3v) is 4.78. The van der Waals surface area contributed by atoms with Gasteiger partial charge in [-0.05, 0) is 43.7 Å². The summed E-state index contributed by atoms with van der Waals surface area (Å²) >= 11 is 0. The number of carbonyl (C=O) groups excluding carboxylic acids is 1. The Morgan fingerprint density at radius 3 is 2.95 bits per heavy atom. The Morgan fingerprint density at radius 2 is 2.15 bits per heavy atom. The van der Waals surface area contributed by atoms with Crippen molar-refractivity contribution in [3.05, 3.63) is 23.4 Å². The zero-order valence-electron chi connectivity index (χ0n) is 12.1. The molecular formula is C16H23N3O. The van der Waals surface area contributed by atoms with E-state index in [1.54, 1.807) is 6.07 Å². The zero-order valence-corrected chi connectivity index (χ0v) is 12.1. The predicted molar refractivity (Wildman–Crippen MR) is 79.4 cm³/mol. The molecule has 0 aromatic carbocycles. The summed E-state index contributed by atoms with van der Waals surface area (Å²) in [5.74, 6) is 1.31. The van der Waals surface area contributed by atoms with Crippen molar-refractivity contribution in [3.63, 3.8) is 0 Å². The highest BCUT2D eigenvalue weighted by Gasteiger charge is 2.38. The summed E-state index contributed by atoms with van der Waals surface area (Å²) in [6.45, 7) is 2.93. The van der Waals surface area contributed by atoms with Crippen molar-refractivity contribution >= 4 is 11.7 Å². The Hall–Kier alpha value is -1.58. The number of hydrogen-bond donors (Lipinski definition) is 1. The van der Waals surface area contributed by atoms with Gasteiger partial charge in [-0.1, -0.05) is 19.8 Å². The van der Waals surface area contributed by atoms with Crippen molar-refractivity contribution in [2.24, 2.45) is 5.92 Å². The number of likely N-dealkylation sites (tertiary alicyclic amines) is 1. The molecule has 2 aliphatic rings. The molecule has 2 fully saturated rings. The minimum absolute atomic E-state index is 0.142. The molecule has 1 amide bonds. The van der Waals surface area contributed by atoms with E-state index >= 15 is 0 Å². The van der Waals surface area contributed by atoms with E-state index in [1.165, 1.54) is 19.3 Å². The van der Waals surface area contributed by atoms with Gasteiger partial charge in [-0.2, -0.15) is 0 Å². The van der Waals surface area contributed by atoms with Gasteiger partial charge in [-0.3, -0.25) is 4.79 Å². The van der Waals surface area contributed by atoms with Crippen LogP contribution in [0.1, 0.15) is 55.1 Å². The van der Waals surface area contributed by atoms with Crippen LogP contribution in [0, 0.1) is 5.92 Å². The van der Waals surface area contributed by atoms with Crippen LogP contribution >= 0.6 is 0 Å². The average Bonchev–Trinajstić information content (AvgIpc) is 2.89. The Labute approximate surface area is 120 Å². The summed E-state index contributed by atoms with van der Waals surface area (Å²) in [4.78, 5) is 19.1. The van der Waals surface area contributed by atoms with Crippen LogP contribution in [0.25, 0.3) is 0 Å². The van der Waals surface area contributed by atoms with E-state index in [-0.39, 0.29) is 5.91 Å². The standard InChI is InChI=1S/C16H23N3O/c1-2-13-9-12(10-15(17)18-13)16(20)19-8-7-11-5-3-4-6-14(11)19/h9-11,14H,2-8H2,1H3,(H2,17,18). The van der Waals surface area contributed by atoms with Crippen molar-refractivity contribution in [3.8, 4) is 0 Å². The first kappa shape index (κ1) is 13.4. The van der Waals surface area contributed by atoms with Gasteiger partial charge in [0.25, 0.3) is 5.91 Å². The number of carbonyl (C=O) groups is 1. The molecular weight excluding hydrogens is 250 g/mol. The number of anilines is 1. The molecule has 1 aliphatic heterocycles. The van der Waals surface area contributed by atoms with Crippen LogP contribution in [0.4, 0.5) is 5.82 Å². The lowest BCUT2D eigenvalue weighted by atomic mass is 9.85. The SMILES string of the molecule is CCc1cc(C(=O)N2CCC3CCCCC32)cc(N)n1. The lowest BCUT2D eigenvalue weighted by Crippen LogP contribution is -2.39. The Kier molecular flexibility index (Phi) is 3.64. The molecule has 3 rings (SSSR count). The molecule has 1 saturated heterocycles. The van der Waals surface area contributed by atoms with Crippen LogP contribution in [0.2, 0.25) is 0 Å². The van der Waals surface area contributed by atoms with Crippen molar-refractivity contribution in [2.45, 2.75) is 51.5 Å². The Bertz CT molecular complexity index is 514. The second kappa shape index (κ2) is 5.43. The summed E-state index contributed by atoms with van der Waals surface area (Å²) in [6.07, 6.45) is 6.99. The van der Waals surface area contributed by atoms with Gasteiger partial charge in [-0.15, -0.1) is 0 Å². The van der Waals surface area contributed by atoms with Gasteiger partial charge in [0.05, 0.1) is 0 Å². The maximum atomic E-state index is 12.8. The third-order valence-electron chi connectivity index (χ3n) is 4.78. The third kappa shape index (κ3) is 2.39. The summed E-state index contributed by atoms with van der Waals surface area (Å²) < 4.78 is 0. The maximum absolute atomic E-state index is 12.8. The van der Waals surface area contributed by atoms with Crippen LogP contribution in [0.3, 0.4) is 0 Å². The molecule has 0 radical (unpaired) electrons. The quantitative estimate of drug-likeness (QED) is 0.901. The Balaban J connectivity index is 1.83. The molecule has 1 saturated carbocycles. The van der Waals surface area contributed by atoms with E-state index in [2.05, 4.69) is 9.88 Å². The molecule has 2 atom stereocenters. The van der Waals surface area contributed by atoms with E-state index < -0.39 is 0 Å². The van der Waals surface area contributed by atoms with E-state index in [0.717, 1.165) is 37.4 Å². The monoisotopic (exact) mass is 273 g/mol. The molecule has 0 spiro atoms. The fourth-order valence-corrected chi connectivity index (χ4v) is 3.74. The number of hydrogen-bond acceptors (Lipinski definition) is 3. The highest BCUT2D eigenvalue weighted by atomic mass is 16.2. The van der Waals surface area contributed by atoms with E-state index in [1.807, 2.05) is 13.0 Å². The number of fused-ring (bicyclic) bond motifs is 1. The van der Waals surface area contributed by atoms with Crippen molar-refractivity contribution in [1.29, 1.82) is 0 Å². The summed E-state index contributed by atoms with van der Waals surface area (Å²) in [6, 6.07) is 4.07. The lowest BCUT2D eigenvalue weighted by molar-refractivity contribution is 0.0690. The Morgan fingerprint density at radius 1 is 1.35 bits per heavy atom. The second-order valence-electron chi connectivity index (χ2n) is 6.02.